The highest BCUT2D eigenvalue weighted by atomic mass is 16.3. The van der Waals surface area contributed by atoms with Crippen molar-refractivity contribution in [3.63, 3.8) is 0 Å². The number of rotatable bonds is 8. The Bertz CT molecular complexity index is 3910. The summed E-state index contributed by atoms with van der Waals surface area (Å²) >= 11 is 0. The van der Waals surface area contributed by atoms with Gasteiger partial charge in [-0.2, -0.15) is 0 Å². The maximum absolute atomic E-state index is 6.25. The van der Waals surface area contributed by atoms with Crippen LogP contribution in [0, 0.1) is 0 Å². The topological polar surface area (TPSA) is 21.3 Å². The Morgan fingerprint density at radius 3 is 1.51 bits per heavy atom. The number of hydrogen-bond donors (Lipinski definition) is 0. The van der Waals surface area contributed by atoms with Crippen molar-refractivity contribution in [3.05, 3.63) is 255 Å². The van der Waals surface area contributed by atoms with Gasteiger partial charge in [0.05, 0.1) is 22.4 Å². The van der Waals surface area contributed by atoms with E-state index >= 15 is 0 Å². The summed E-state index contributed by atoms with van der Waals surface area (Å²) in [5, 5.41) is 7.24. The van der Waals surface area contributed by atoms with E-state index in [0.717, 1.165) is 61.3 Å². The van der Waals surface area contributed by atoms with Crippen molar-refractivity contribution in [2.24, 2.45) is 0 Å². The Morgan fingerprint density at radius 1 is 0.299 bits per heavy atom. The van der Waals surface area contributed by atoms with Gasteiger partial charge < -0.3 is 13.9 Å². The second-order valence-corrected chi connectivity index (χ2v) is 17.2. The lowest BCUT2D eigenvalue weighted by molar-refractivity contribution is 0.669. The summed E-state index contributed by atoms with van der Waals surface area (Å²) in [6.45, 7) is 0. The lowest BCUT2D eigenvalue weighted by Gasteiger charge is -2.28. The van der Waals surface area contributed by atoms with E-state index < -0.39 is 0 Å². The van der Waals surface area contributed by atoms with Crippen molar-refractivity contribution in [2.75, 3.05) is 4.90 Å². The van der Waals surface area contributed by atoms with Gasteiger partial charge in [0, 0.05) is 44.0 Å². The molecule has 314 valence electrons. The van der Waals surface area contributed by atoms with E-state index in [0.29, 0.717) is 0 Å². The molecule has 0 saturated heterocycles. The predicted molar refractivity (Wildman–Crippen MR) is 282 cm³/mol. The molecule has 0 aliphatic carbocycles. The molecular formula is C64H42N2O. The average molecular weight is 855 g/mol. The molecule has 67 heavy (non-hydrogen) atoms. The fourth-order valence-corrected chi connectivity index (χ4v) is 10.2. The van der Waals surface area contributed by atoms with Crippen LogP contribution in [0.5, 0.6) is 0 Å². The molecule has 0 spiro atoms. The zero-order valence-corrected chi connectivity index (χ0v) is 36.6. The molecule has 0 radical (unpaired) electrons. The molecule has 0 N–H and O–H groups in total. The summed E-state index contributed by atoms with van der Waals surface area (Å²) in [5.41, 5.74) is 18.0. The third-order valence-electron chi connectivity index (χ3n) is 13.4. The van der Waals surface area contributed by atoms with Crippen molar-refractivity contribution in [2.45, 2.75) is 0 Å². The minimum absolute atomic E-state index is 0.888. The van der Waals surface area contributed by atoms with E-state index in [1.807, 2.05) is 12.1 Å². The van der Waals surface area contributed by atoms with Gasteiger partial charge in [0.1, 0.15) is 11.2 Å². The minimum atomic E-state index is 0.888. The first-order valence-electron chi connectivity index (χ1n) is 22.9. The van der Waals surface area contributed by atoms with Crippen LogP contribution in [-0.2, 0) is 0 Å². The summed E-state index contributed by atoms with van der Waals surface area (Å²) in [6, 6.07) is 91.9. The number of fused-ring (bicyclic) bond motifs is 7. The lowest BCUT2D eigenvalue weighted by Crippen LogP contribution is -2.11. The molecule has 11 aromatic carbocycles. The molecule has 0 aliphatic rings. The SMILES string of the molecule is c1ccc(N(c2ccc(-c3ccc(-c4ccccc4-n4c5ccccc5c5ccccc54)cc3)cc2)c2ccc(-c3cccc4ccccc34)cc2)c(-c2ccc3oc4ccccc4c3c2)c1. The van der Waals surface area contributed by atoms with Crippen LogP contribution < -0.4 is 4.90 Å². The minimum Gasteiger partial charge on any atom is -0.456 e. The van der Waals surface area contributed by atoms with Gasteiger partial charge in [-0.05, 0) is 111 Å². The van der Waals surface area contributed by atoms with Crippen molar-refractivity contribution in [1.29, 1.82) is 0 Å². The molecule has 2 aromatic heterocycles. The van der Waals surface area contributed by atoms with Crippen LogP contribution >= 0.6 is 0 Å². The maximum atomic E-state index is 6.25. The average Bonchev–Trinajstić information content (AvgIpc) is 3.95. The second kappa shape index (κ2) is 16.0. The number of benzene rings is 11. The molecule has 0 saturated carbocycles. The van der Waals surface area contributed by atoms with E-state index in [1.165, 1.54) is 60.5 Å². The Labute approximate surface area is 388 Å². The molecule has 0 unspecified atom stereocenters. The first-order valence-corrected chi connectivity index (χ1v) is 22.9. The summed E-state index contributed by atoms with van der Waals surface area (Å²) in [5.74, 6) is 0. The van der Waals surface area contributed by atoms with Crippen molar-refractivity contribution in [1.82, 2.24) is 4.57 Å². The molecule has 0 bridgehead atoms. The Balaban J connectivity index is 0.885. The molecule has 2 heterocycles. The number of hydrogen-bond acceptors (Lipinski definition) is 2. The smallest absolute Gasteiger partial charge is 0.135 e. The number of furan rings is 1. The van der Waals surface area contributed by atoms with Crippen molar-refractivity contribution >= 4 is 71.6 Å². The molecule has 0 amide bonds. The molecule has 13 rings (SSSR count). The van der Waals surface area contributed by atoms with Crippen LogP contribution in [0.25, 0.3) is 105 Å². The number of para-hydroxylation sites is 5. The normalized spacial score (nSPS) is 11.6. The largest absolute Gasteiger partial charge is 0.456 e. The Kier molecular flexibility index (Phi) is 9.17. The van der Waals surface area contributed by atoms with E-state index in [1.54, 1.807) is 0 Å². The van der Waals surface area contributed by atoms with Gasteiger partial charge in [-0.3, -0.25) is 0 Å². The van der Waals surface area contributed by atoms with E-state index in [9.17, 15) is 0 Å². The van der Waals surface area contributed by atoms with Crippen LogP contribution in [0.3, 0.4) is 0 Å². The Hall–Kier alpha value is -8.92. The molecule has 0 aliphatic heterocycles. The molecule has 3 nitrogen and oxygen atoms in total. The summed E-state index contributed by atoms with van der Waals surface area (Å²) in [6.07, 6.45) is 0. The second-order valence-electron chi connectivity index (χ2n) is 17.2. The molecule has 0 fully saturated rings. The molecule has 0 atom stereocenters. The quantitative estimate of drug-likeness (QED) is 0.152. The van der Waals surface area contributed by atoms with Gasteiger partial charge in [-0.15, -0.1) is 0 Å². The van der Waals surface area contributed by atoms with Crippen molar-refractivity contribution < 1.29 is 4.42 Å². The highest BCUT2D eigenvalue weighted by Crippen LogP contribution is 2.44. The van der Waals surface area contributed by atoms with Crippen molar-refractivity contribution in [3.8, 4) is 50.2 Å². The molecule has 13 aromatic rings. The zero-order chi connectivity index (χ0) is 44.3. The van der Waals surface area contributed by atoms with Gasteiger partial charge >= 0.3 is 0 Å². The van der Waals surface area contributed by atoms with Crippen LogP contribution in [0.4, 0.5) is 17.1 Å². The van der Waals surface area contributed by atoms with E-state index in [4.69, 9.17) is 4.42 Å². The standard InChI is InChI=1S/C64H42N2O/c1-2-16-51-45(14-1)15-13-22-52(51)46-34-39-50(40-35-46)65(59-23-8-4-18-54(59)48-36-41-64-58(42-48)57-21-7-12-27-63(57)67-64)49-37-32-44(33-38-49)43-28-30-47(31-29-43)53-17-3-9-24-60(53)66-61-25-10-5-19-55(61)56-20-6-11-26-62(56)66/h1-42H. The zero-order valence-electron chi connectivity index (χ0n) is 36.6. The third kappa shape index (κ3) is 6.59. The monoisotopic (exact) mass is 854 g/mol. The van der Waals surface area contributed by atoms with Gasteiger partial charge in [-0.1, -0.05) is 188 Å². The fraction of sp³-hybridized carbons (Fsp3) is 0. The highest BCUT2D eigenvalue weighted by Gasteiger charge is 2.20. The molecule has 3 heteroatoms. The number of anilines is 3. The number of nitrogens with zero attached hydrogens (tertiary/aromatic N) is 2. The van der Waals surface area contributed by atoms with Gasteiger partial charge in [0.25, 0.3) is 0 Å². The van der Waals surface area contributed by atoms with Crippen LogP contribution in [0.15, 0.2) is 259 Å². The fourth-order valence-electron chi connectivity index (χ4n) is 10.2. The summed E-state index contributed by atoms with van der Waals surface area (Å²) < 4.78 is 8.66. The lowest BCUT2D eigenvalue weighted by atomic mass is 9.97. The van der Waals surface area contributed by atoms with Gasteiger partial charge in [0.2, 0.25) is 0 Å². The predicted octanol–water partition coefficient (Wildman–Crippen LogP) is 18.0. The number of aromatic nitrogens is 1. The van der Waals surface area contributed by atoms with Gasteiger partial charge in [-0.25, -0.2) is 0 Å². The van der Waals surface area contributed by atoms with Gasteiger partial charge in [0.15, 0.2) is 0 Å². The van der Waals surface area contributed by atoms with E-state index in [-0.39, 0.29) is 0 Å². The first-order chi connectivity index (χ1) is 33.2. The maximum Gasteiger partial charge on any atom is 0.135 e. The summed E-state index contributed by atoms with van der Waals surface area (Å²) in [7, 11) is 0. The highest BCUT2D eigenvalue weighted by molar-refractivity contribution is 6.10. The van der Waals surface area contributed by atoms with Crippen LogP contribution in [0.1, 0.15) is 0 Å². The van der Waals surface area contributed by atoms with Crippen LogP contribution in [0.2, 0.25) is 0 Å². The summed E-state index contributed by atoms with van der Waals surface area (Å²) in [4.78, 5) is 2.39. The van der Waals surface area contributed by atoms with E-state index in [2.05, 4.69) is 252 Å². The Morgan fingerprint density at radius 2 is 0.776 bits per heavy atom. The van der Waals surface area contributed by atoms with Crippen LogP contribution in [-0.4, -0.2) is 4.57 Å². The first kappa shape index (κ1) is 38.5. The third-order valence-corrected chi connectivity index (χ3v) is 13.4. The molecular weight excluding hydrogens is 813 g/mol.